The van der Waals surface area contributed by atoms with Crippen molar-refractivity contribution in [3.05, 3.63) is 35.6 Å². The van der Waals surface area contributed by atoms with Gasteiger partial charge in [0.2, 0.25) is 5.62 Å². The maximum atomic E-state index is 9.06. The lowest BCUT2D eigenvalue weighted by Crippen LogP contribution is -2.18. The van der Waals surface area contributed by atoms with Crippen LogP contribution in [-0.2, 0) is 0 Å². The van der Waals surface area contributed by atoms with Crippen molar-refractivity contribution >= 4 is 17.3 Å². The van der Waals surface area contributed by atoms with Gasteiger partial charge in [0.1, 0.15) is 16.7 Å². The van der Waals surface area contributed by atoms with Gasteiger partial charge in [0.25, 0.3) is 0 Å². The molecule has 15 heavy (non-hydrogen) atoms. The van der Waals surface area contributed by atoms with Crippen LogP contribution in [0.25, 0.3) is 5.52 Å². The summed E-state index contributed by atoms with van der Waals surface area (Å²) in [5.74, 6) is 0. The number of rotatable bonds is 1. The molecular weight excluding hydrogens is 208 g/mol. The summed E-state index contributed by atoms with van der Waals surface area (Å²) in [7, 11) is 0. The van der Waals surface area contributed by atoms with Crippen molar-refractivity contribution in [3.63, 3.8) is 0 Å². The summed E-state index contributed by atoms with van der Waals surface area (Å²) in [6, 6.07) is 7.61. The molecule has 0 amide bonds. The number of hydrogen-bond donors (Lipinski definition) is 1. The smallest absolute Gasteiger partial charge is 0.227 e. The average Bonchev–Trinajstić information content (AvgIpc) is 2.29. The number of nitriles is 1. The number of pyridine rings is 1. The fraction of sp³-hybridized carbons (Fsp3) is 0.100. The van der Waals surface area contributed by atoms with Crippen LogP contribution < -0.4 is 5.62 Å². The van der Waals surface area contributed by atoms with Gasteiger partial charge >= 0.3 is 0 Å². The predicted octanol–water partition coefficient (Wildman–Crippen LogP) is 1.41. The molecular formula is C10H8N4S. The molecule has 0 unspecified atom stereocenters. The molecule has 0 aromatic carbocycles. The Labute approximate surface area is 90.7 Å². The van der Waals surface area contributed by atoms with E-state index < -0.39 is 0 Å². The summed E-state index contributed by atoms with van der Waals surface area (Å²) < 4.78 is 1.60. The summed E-state index contributed by atoms with van der Waals surface area (Å²) in [4.78, 5) is 4.06. The molecule has 0 atom stereocenters. The van der Waals surface area contributed by atoms with Crippen LogP contribution in [0.5, 0.6) is 0 Å². The molecule has 1 N–H and O–H groups in total. The molecule has 2 aromatic heterocycles. The lowest BCUT2D eigenvalue weighted by Gasteiger charge is -2.05. The third kappa shape index (κ3) is 1.49. The number of nitrogens with one attached hydrogen (secondary N) is 1. The number of fused-ring (bicyclic) bond motifs is 1. The third-order valence-corrected chi connectivity index (χ3v) is 2.75. The van der Waals surface area contributed by atoms with E-state index in [-0.39, 0.29) is 5.62 Å². The summed E-state index contributed by atoms with van der Waals surface area (Å²) in [5.41, 5.74) is 1.40. The topological polar surface area (TPSA) is 64.9 Å². The van der Waals surface area contributed by atoms with E-state index in [0.29, 0.717) is 10.6 Å². The van der Waals surface area contributed by atoms with Crippen LogP contribution in [0.1, 0.15) is 5.56 Å². The Bertz CT molecular complexity index is 609. The fourth-order valence-electron chi connectivity index (χ4n) is 1.40. The zero-order valence-electron chi connectivity index (χ0n) is 8.06. The quantitative estimate of drug-likeness (QED) is 0.579. The van der Waals surface area contributed by atoms with Crippen molar-refractivity contribution in [2.75, 3.05) is 6.26 Å². The first-order chi connectivity index (χ1) is 7.27. The van der Waals surface area contributed by atoms with Crippen molar-refractivity contribution in [2.45, 2.75) is 5.03 Å². The van der Waals surface area contributed by atoms with E-state index in [1.807, 2.05) is 24.5 Å². The van der Waals surface area contributed by atoms with E-state index in [1.165, 1.54) is 11.8 Å². The van der Waals surface area contributed by atoms with Crippen LogP contribution in [0, 0.1) is 16.7 Å². The van der Waals surface area contributed by atoms with E-state index >= 15 is 0 Å². The Kier molecular flexibility index (Phi) is 2.44. The number of nitrogens with zero attached hydrogens (tertiary/aromatic N) is 3. The second kappa shape index (κ2) is 3.75. The van der Waals surface area contributed by atoms with Gasteiger partial charge in [-0.05, 0) is 18.4 Å². The maximum Gasteiger partial charge on any atom is 0.227 e. The van der Waals surface area contributed by atoms with Crippen molar-refractivity contribution in [2.24, 2.45) is 0 Å². The molecule has 0 saturated heterocycles. The second-order valence-electron chi connectivity index (χ2n) is 2.89. The predicted molar refractivity (Wildman–Crippen MR) is 57.5 cm³/mol. The Morgan fingerprint density at radius 2 is 2.33 bits per heavy atom. The highest BCUT2D eigenvalue weighted by Crippen LogP contribution is 2.18. The van der Waals surface area contributed by atoms with Crippen molar-refractivity contribution in [1.82, 2.24) is 9.38 Å². The van der Waals surface area contributed by atoms with Crippen molar-refractivity contribution in [3.8, 4) is 6.07 Å². The Morgan fingerprint density at radius 1 is 1.53 bits per heavy atom. The molecule has 0 aliphatic rings. The second-order valence-corrected chi connectivity index (χ2v) is 3.68. The van der Waals surface area contributed by atoms with Crippen LogP contribution in [0.2, 0.25) is 0 Å². The highest BCUT2D eigenvalue weighted by atomic mass is 32.2. The van der Waals surface area contributed by atoms with Crippen LogP contribution >= 0.6 is 11.8 Å². The molecule has 74 valence electrons. The number of thioether (sulfide) groups is 1. The molecule has 0 fully saturated rings. The first-order valence-corrected chi connectivity index (χ1v) is 5.50. The average molecular weight is 216 g/mol. The standard InChI is InChI=1S/C10H8N4S/c1-15-9-7(6-11)8-4-2-3-5-14(8)10(12)13-9/h2-5,12H,1H3. The molecule has 0 aliphatic heterocycles. The summed E-state index contributed by atoms with van der Waals surface area (Å²) in [6.07, 6.45) is 3.58. The minimum absolute atomic E-state index is 0.147. The van der Waals surface area contributed by atoms with Crippen molar-refractivity contribution in [1.29, 1.82) is 10.7 Å². The summed E-state index contributed by atoms with van der Waals surface area (Å²) >= 11 is 1.38. The summed E-state index contributed by atoms with van der Waals surface area (Å²) in [5, 5.41) is 17.4. The fourth-order valence-corrected chi connectivity index (χ4v) is 1.93. The molecule has 0 radical (unpaired) electrons. The van der Waals surface area contributed by atoms with Gasteiger partial charge in [0.05, 0.1) is 5.52 Å². The van der Waals surface area contributed by atoms with Gasteiger partial charge in [-0.2, -0.15) is 5.26 Å². The molecule has 0 spiro atoms. The highest BCUT2D eigenvalue weighted by Gasteiger charge is 2.08. The van der Waals surface area contributed by atoms with Gasteiger partial charge in [-0.1, -0.05) is 6.07 Å². The first-order valence-electron chi connectivity index (χ1n) is 4.28. The van der Waals surface area contributed by atoms with Gasteiger partial charge < -0.3 is 0 Å². The minimum atomic E-state index is 0.147. The lowest BCUT2D eigenvalue weighted by atomic mass is 10.2. The highest BCUT2D eigenvalue weighted by molar-refractivity contribution is 7.98. The van der Waals surface area contributed by atoms with Crippen molar-refractivity contribution < 1.29 is 0 Å². The van der Waals surface area contributed by atoms with E-state index in [9.17, 15) is 0 Å². The zero-order chi connectivity index (χ0) is 10.8. The third-order valence-electron chi connectivity index (χ3n) is 2.07. The Morgan fingerprint density at radius 3 is 3.00 bits per heavy atom. The largest absolute Gasteiger partial charge is 0.285 e. The molecule has 2 aromatic rings. The SMILES string of the molecule is CSc1nc(=N)n2ccccc2c1C#N. The van der Waals surface area contributed by atoms with Gasteiger partial charge in [-0.25, -0.2) is 4.98 Å². The monoisotopic (exact) mass is 216 g/mol. The summed E-state index contributed by atoms with van der Waals surface area (Å²) in [6.45, 7) is 0. The van der Waals surface area contributed by atoms with Crippen LogP contribution in [0.4, 0.5) is 0 Å². The Balaban J connectivity index is 3.00. The molecule has 5 heteroatoms. The normalized spacial score (nSPS) is 10.1. The van der Waals surface area contributed by atoms with Gasteiger partial charge in [-0.15, -0.1) is 11.8 Å². The van der Waals surface area contributed by atoms with E-state index in [1.54, 1.807) is 10.6 Å². The van der Waals surface area contributed by atoms with Gasteiger partial charge in [-0.3, -0.25) is 9.81 Å². The molecule has 0 aliphatic carbocycles. The Hall–Kier alpha value is -1.80. The molecule has 4 nitrogen and oxygen atoms in total. The van der Waals surface area contributed by atoms with Crippen LogP contribution in [-0.4, -0.2) is 15.6 Å². The van der Waals surface area contributed by atoms with Gasteiger partial charge in [0.15, 0.2) is 0 Å². The minimum Gasteiger partial charge on any atom is -0.285 e. The number of hydrogen-bond acceptors (Lipinski definition) is 4. The van der Waals surface area contributed by atoms with E-state index in [4.69, 9.17) is 10.7 Å². The van der Waals surface area contributed by atoms with Crippen LogP contribution in [0.3, 0.4) is 0 Å². The van der Waals surface area contributed by atoms with Crippen LogP contribution in [0.15, 0.2) is 29.4 Å². The van der Waals surface area contributed by atoms with E-state index in [0.717, 1.165) is 5.52 Å². The number of aromatic nitrogens is 2. The lowest BCUT2D eigenvalue weighted by molar-refractivity contribution is 0.856. The molecule has 0 saturated carbocycles. The molecule has 2 rings (SSSR count). The van der Waals surface area contributed by atoms with Gasteiger partial charge in [0, 0.05) is 6.20 Å². The van der Waals surface area contributed by atoms with E-state index in [2.05, 4.69) is 11.1 Å². The maximum absolute atomic E-state index is 9.06. The zero-order valence-corrected chi connectivity index (χ0v) is 8.88. The first kappa shape index (κ1) is 9.74. The molecule has 0 bridgehead atoms. The molecule has 2 heterocycles.